The van der Waals surface area contributed by atoms with Gasteiger partial charge in [0.05, 0.1) is 25.2 Å². The Kier molecular flexibility index (Phi) is 5.37. The lowest BCUT2D eigenvalue weighted by atomic mass is 9.63. The van der Waals surface area contributed by atoms with E-state index in [9.17, 15) is 4.79 Å². The van der Waals surface area contributed by atoms with Crippen molar-refractivity contribution in [2.75, 3.05) is 26.1 Å². The van der Waals surface area contributed by atoms with E-state index in [4.69, 9.17) is 9.47 Å². The molecule has 1 spiro atoms. The molecule has 1 aliphatic carbocycles. The highest BCUT2D eigenvalue weighted by Crippen LogP contribution is 2.60. The molecule has 1 fully saturated rings. The lowest BCUT2D eigenvalue weighted by Crippen LogP contribution is -2.48. The molecule has 0 saturated carbocycles. The number of carbonyl (C=O) groups excluding carboxylic acids is 1. The number of anilines is 1. The van der Waals surface area contributed by atoms with Gasteiger partial charge < -0.3 is 14.8 Å². The summed E-state index contributed by atoms with van der Waals surface area (Å²) in [5.74, 6) is 0.399. The van der Waals surface area contributed by atoms with Crippen molar-refractivity contribution >= 4 is 11.7 Å². The molecule has 1 N–H and O–H groups in total. The van der Waals surface area contributed by atoms with Crippen LogP contribution in [0.5, 0.6) is 5.75 Å². The van der Waals surface area contributed by atoms with Gasteiger partial charge in [0.25, 0.3) is 0 Å². The van der Waals surface area contributed by atoms with E-state index in [1.54, 1.807) is 7.11 Å². The third kappa shape index (κ3) is 3.29. The molecule has 3 atom stereocenters. The first-order valence-corrected chi connectivity index (χ1v) is 12.3. The van der Waals surface area contributed by atoms with Crippen LogP contribution in [0.1, 0.15) is 35.4 Å². The number of esters is 1. The quantitative estimate of drug-likeness (QED) is 0.521. The van der Waals surface area contributed by atoms with Crippen molar-refractivity contribution in [3.63, 3.8) is 0 Å². The van der Waals surface area contributed by atoms with E-state index in [1.807, 2.05) is 18.2 Å². The van der Waals surface area contributed by atoms with Crippen molar-refractivity contribution in [1.82, 2.24) is 4.90 Å². The maximum absolute atomic E-state index is 13.4. The second kappa shape index (κ2) is 8.58. The summed E-state index contributed by atoms with van der Waals surface area (Å²) < 4.78 is 11.2. The highest BCUT2D eigenvalue weighted by atomic mass is 16.5. The summed E-state index contributed by atoms with van der Waals surface area (Å²) in [6, 6.07) is 27.5. The number of likely N-dealkylation sites (tertiary alicyclic amines) is 1. The minimum absolute atomic E-state index is 0.134. The van der Waals surface area contributed by atoms with Gasteiger partial charge in [-0.05, 0) is 36.1 Å². The first-order valence-electron chi connectivity index (χ1n) is 12.3. The van der Waals surface area contributed by atoms with Crippen molar-refractivity contribution in [2.45, 2.75) is 36.8 Å². The maximum Gasteiger partial charge on any atom is 0.336 e. The van der Waals surface area contributed by atoms with Crippen molar-refractivity contribution in [2.24, 2.45) is 0 Å². The van der Waals surface area contributed by atoms with E-state index in [2.05, 4.69) is 70.9 Å². The van der Waals surface area contributed by atoms with Crippen LogP contribution in [-0.2, 0) is 21.5 Å². The van der Waals surface area contributed by atoms with Gasteiger partial charge in [-0.1, -0.05) is 66.7 Å². The third-order valence-electron chi connectivity index (χ3n) is 8.14. The molecule has 3 aliphatic rings. The fourth-order valence-electron chi connectivity index (χ4n) is 6.69. The number of nitrogens with zero attached hydrogens (tertiary/aromatic N) is 1. The minimum Gasteiger partial charge on any atom is -0.496 e. The number of rotatable bonds is 5. The highest BCUT2D eigenvalue weighted by Gasteiger charge is 2.60. The van der Waals surface area contributed by atoms with Crippen LogP contribution in [0.25, 0.3) is 0 Å². The summed E-state index contributed by atoms with van der Waals surface area (Å²) in [7, 11) is 3.17. The molecule has 35 heavy (non-hydrogen) atoms. The summed E-state index contributed by atoms with van der Waals surface area (Å²) in [5.41, 5.74) is 6.20. The smallest absolute Gasteiger partial charge is 0.336 e. The molecular weight excluding hydrogens is 436 g/mol. The molecule has 3 aromatic carbocycles. The molecule has 0 bridgehead atoms. The standard InChI is InChI=1S/C30H30N2O3/c1-34-25-15-9-6-12-21(25)22-18-26-30(16-17-32(26)19-20-10-4-3-5-11-20)23-13-7-8-14-24(23)31-28(30)27(22)29(33)35-2/h3-15,22,26,31H,16-19H2,1-2H3/t22-,26+,30-/m1/s1. The third-order valence-corrected chi connectivity index (χ3v) is 8.14. The number of para-hydroxylation sites is 2. The molecule has 0 aromatic heterocycles. The van der Waals surface area contributed by atoms with E-state index in [0.717, 1.165) is 54.2 Å². The second-order valence-corrected chi connectivity index (χ2v) is 9.67. The molecule has 5 nitrogen and oxygen atoms in total. The van der Waals surface area contributed by atoms with Gasteiger partial charge in [-0.3, -0.25) is 4.90 Å². The van der Waals surface area contributed by atoms with Crippen LogP contribution in [0.4, 0.5) is 5.69 Å². The number of nitrogens with one attached hydrogen (secondary N) is 1. The van der Waals surface area contributed by atoms with Crippen LogP contribution < -0.4 is 10.1 Å². The average Bonchev–Trinajstić information content (AvgIpc) is 3.44. The Morgan fingerprint density at radius 1 is 1.00 bits per heavy atom. The molecule has 3 aromatic rings. The van der Waals surface area contributed by atoms with Crippen molar-refractivity contribution in [1.29, 1.82) is 0 Å². The van der Waals surface area contributed by atoms with Crippen LogP contribution in [0.15, 0.2) is 90.1 Å². The Balaban J connectivity index is 1.55. The Morgan fingerprint density at radius 3 is 2.54 bits per heavy atom. The molecule has 0 amide bonds. The van der Waals surface area contributed by atoms with Crippen LogP contribution in [0.3, 0.4) is 0 Å². The van der Waals surface area contributed by atoms with Gasteiger partial charge in [-0.25, -0.2) is 4.79 Å². The second-order valence-electron chi connectivity index (χ2n) is 9.67. The summed E-state index contributed by atoms with van der Waals surface area (Å²) in [4.78, 5) is 16.0. The van der Waals surface area contributed by atoms with E-state index in [-0.39, 0.29) is 23.3 Å². The summed E-state index contributed by atoms with van der Waals surface area (Å²) in [6.07, 6.45) is 1.78. The Bertz CT molecular complexity index is 1300. The SMILES string of the molecule is COC(=O)C1=C2Nc3ccccc3[C@@]23CCN(Cc2ccccc2)[C@H]3C[C@@H]1c1ccccc1OC. The number of hydrogen-bond acceptors (Lipinski definition) is 5. The van der Waals surface area contributed by atoms with Gasteiger partial charge in [0.15, 0.2) is 0 Å². The summed E-state index contributed by atoms with van der Waals surface area (Å²) in [6.45, 7) is 1.85. The predicted molar refractivity (Wildman–Crippen MR) is 136 cm³/mol. The number of carbonyl (C=O) groups is 1. The molecule has 2 aliphatic heterocycles. The first-order chi connectivity index (χ1) is 17.2. The van der Waals surface area contributed by atoms with Crippen LogP contribution in [0, 0.1) is 0 Å². The van der Waals surface area contributed by atoms with Gasteiger partial charge in [0.1, 0.15) is 5.75 Å². The monoisotopic (exact) mass is 466 g/mol. The lowest BCUT2D eigenvalue weighted by Gasteiger charge is -2.44. The average molecular weight is 467 g/mol. The number of methoxy groups -OCH3 is 2. The topological polar surface area (TPSA) is 50.8 Å². The summed E-state index contributed by atoms with van der Waals surface area (Å²) >= 11 is 0. The fourth-order valence-corrected chi connectivity index (χ4v) is 6.69. The summed E-state index contributed by atoms with van der Waals surface area (Å²) in [5, 5.41) is 3.70. The van der Waals surface area contributed by atoms with Crippen LogP contribution >= 0.6 is 0 Å². The Morgan fingerprint density at radius 2 is 1.74 bits per heavy atom. The molecule has 0 unspecified atom stereocenters. The number of benzene rings is 3. The largest absolute Gasteiger partial charge is 0.496 e. The predicted octanol–water partition coefficient (Wildman–Crippen LogP) is 5.25. The van der Waals surface area contributed by atoms with Crippen molar-refractivity contribution < 1.29 is 14.3 Å². The Labute approximate surface area is 206 Å². The zero-order valence-corrected chi connectivity index (χ0v) is 20.2. The number of ether oxygens (including phenoxy) is 2. The van der Waals surface area contributed by atoms with Crippen LogP contribution in [0.2, 0.25) is 0 Å². The molecule has 2 heterocycles. The molecule has 0 radical (unpaired) electrons. The van der Waals surface area contributed by atoms with Gasteiger partial charge >= 0.3 is 5.97 Å². The minimum atomic E-state index is -0.268. The Hall–Kier alpha value is -3.57. The molecule has 6 rings (SSSR count). The van der Waals surface area contributed by atoms with Crippen LogP contribution in [-0.4, -0.2) is 37.7 Å². The highest BCUT2D eigenvalue weighted by molar-refractivity contribution is 5.94. The zero-order chi connectivity index (χ0) is 24.0. The molecule has 5 heteroatoms. The van der Waals surface area contributed by atoms with E-state index in [0.29, 0.717) is 0 Å². The number of hydrogen-bond donors (Lipinski definition) is 1. The fraction of sp³-hybridized carbons (Fsp3) is 0.300. The van der Waals surface area contributed by atoms with E-state index < -0.39 is 0 Å². The van der Waals surface area contributed by atoms with Gasteiger partial charge in [0, 0.05) is 42.0 Å². The van der Waals surface area contributed by atoms with Gasteiger partial charge in [-0.15, -0.1) is 0 Å². The first kappa shape index (κ1) is 21.9. The number of fused-ring (bicyclic) bond motifs is 1. The maximum atomic E-state index is 13.4. The van der Waals surface area contributed by atoms with Gasteiger partial charge in [-0.2, -0.15) is 0 Å². The molecular formula is C30H30N2O3. The van der Waals surface area contributed by atoms with Crippen molar-refractivity contribution in [3.05, 3.63) is 107 Å². The zero-order valence-electron chi connectivity index (χ0n) is 20.2. The molecule has 1 saturated heterocycles. The van der Waals surface area contributed by atoms with E-state index >= 15 is 0 Å². The van der Waals surface area contributed by atoms with Crippen molar-refractivity contribution in [3.8, 4) is 5.75 Å². The molecule has 178 valence electrons. The van der Waals surface area contributed by atoms with E-state index in [1.165, 1.54) is 18.2 Å². The lowest BCUT2D eigenvalue weighted by molar-refractivity contribution is -0.136. The normalized spacial score (nSPS) is 24.9. The van der Waals surface area contributed by atoms with Gasteiger partial charge in [0.2, 0.25) is 0 Å².